The van der Waals surface area contributed by atoms with Gasteiger partial charge in [0.15, 0.2) is 0 Å². The molecular weight excluding hydrogens is 572 g/mol. The van der Waals surface area contributed by atoms with Crippen LogP contribution in [0, 0.1) is 0 Å². The molecule has 1 saturated carbocycles. The van der Waals surface area contributed by atoms with Crippen LogP contribution in [0.3, 0.4) is 0 Å². The van der Waals surface area contributed by atoms with Crippen LogP contribution in [-0.4, -0.2) is 80.5 Å². The number of likely N-dealkylation sites (tertiary alicyclic amines) is 1. The van der Waals surface area contributed by atoms with Gasteiger partial charge in [0.2, 0.25) is 11.8 Å². The Morgan fingerprint density at radius 1 is 0.911 bits per heavy atom. The van der Waals surface area contributed by atoms with E-state index in [4.69, 9.17) is 5.11 Å². The summed E-state index contributed by atoms with van der Waals surface area (Å²) in [4.78, 5) is 55.6. The number of aromatic carboxylic acids is 1. The molecule has 0 bridgehead atoms. The third kappa shape index (κ3) is 7.56. The van der Waals surface area contributed by atoms with Gasteiger partial charge >= 0.3 is 5.97 Å². The first-order valence-corrected chi connectivity index (χ1v) is 16.4. The molecule has 10 nitrogen and oxygen atoms in total. The van der Waals surface area contributed by atoms with Crippen molar-refractivity contribution in [2.75, 3.05) is 25.0 Å². The number of carbonyl (C=O) groups is 4. The zero-order valence-corrected chi connectivity index (χ0v) is 26.2. The van der Waals surface area contributed by atoms with Gasteiger partial charge in [0, 0.05) is 43.9 Å². The fraction of sp³-hybridized carbons (Fsp3) is 0.543. The highest BCUT2D eigenvalue weighted by atomic mass is 16.4. The molecule has 2 aromatic rings. The summed E-state index contributed by atoms with van der Waals surface area (Å²) < 4.78 is 0. The maximum atomic E-state index is 13.9. The van der Waals surface area contributed by atoms with E-state index < -0.39 is 23.2 Å². The highest BCUT2D eigenvalue weighted by Gasteiger charge is 2.54. The second-order valence-electron chi connectivity index (χ2n) is 13.1. The van der Waals surface area contributed by atoms with Crippen LogP contribution in [0.2, 0.25) is 0 Å². The normalized spacial score (nSPS) is 21.6. The summed E-state index contributed by atoms with van der Waals surface area (Å²) in [6.45, 7) is 4.61. The van der Waals surface area contributed by atoms with Gasteiger partial charge in [0.05, 0.1) is 11.2 Å². The van der Waals surface area contributed by atoms with Crippen LogP contribution in [0.5, 0.6) is 0 Å². The van der Waals surface area contributed by atoms with Crippen molar-refractivity contribution < 1.29 is 29.4 Å². The van der Waals surface area contributed by atoms with Crippen LogP contribution in [0.15, 0.2) is 48.5 Å². The van der Waals surface area contributed by atoms with Crippen molar-refractivity contribution in [1.82, 2.24) is 15.1 Å². The summed E-state index contributed by atoms with van der Waals surface area (Å²) >= 11 is 0. The number of anilines is 1. The third-order valence-corrected chi connectivity index (χ3v) is 9.86. The van der Waals surface area contributed by atoms with Crippen molar-refractivity contribution in [3.63, 3.8) is 0 Å². The Hall–Kier alpha value is -3.76. The summed E-state index contributed by atoms with van der Waals surface area (Å²) in [5.41, 5.74) is 0.428. The summed E-state index contributed by atoms with van der Waals surface area (Å²) in [6.07, 6.45) is 8.58. The van der Waals surface area contributed by atoms with E-state index in [1.54, 1.807) is 24.3 Å². The van der Waals surface area contributed by atoms with Crippen molar-refractivity contribution >= 4 is 29.4 Å². The molecule has 2 aromatic carbocycles. The fourth-order valence-corrected chi connectivity index (χ4v) is 7.12. The minimum absolute atomic E-state index is 0.0548. The van der Waals surface area contributed by atoms with Gasteiger partial charge in [-0.1, -0.05) is 51.2 Å². The number of carboxylic acid groups (broad SMARTS) is 1. The third-order valence-electron chi connectivity index (χ3n) is 9.86. The Labute approximate surface area is 265 Å². The van der Waals surface area contributed by atoms with E-state index in [2.05, 4.69) is 22.5 Å². The molecule has 4 N–H and O–H groups in total. The topological polar surface area (TPSA) is 139 Å². The van der Waals surface area contributed by atoms with E-state index in [-0.39, 0.29) is 29.7 Å². The Bertz CT molecular complexity index is 1360. The summed E-state index contributed by atoms with van der Waals surface area (Å²) in [7, 11) is 0. The number of carbonyl (C=O) groups excluding carboxylic acids is 3. The molecule has 3 fully saturated rings. The first-order chi connectivity index (χ1) is 21.6. The maximum absolute atomic E-state index is 13.9. The van der Waals surface area contributed by atoms with Crippen LogP contribution < -0.4 is 10.6 Å². The lowest BCUT2D eigenvalue weighted by Gasteiger charge is -2.52. The van der Waals surface area contributed by atoms with Crippen molar-refractivity contribution in [1.29, 1.82) is 0 Å². The standard InChI is InChI=1S/C35H46N4O6/c1-2-3-20-39-31(41)29(23-34(45)16-6-4-5-7-17-34)37-33(44)35(39)18-21-38(22-19-35)24-25-8-10-26(11-9-25)30(40)36-28-14-12-27(13-15-28)32(42)43/h8-15,29,45H,2-7,16-24H2,1H3,(H,36,40)(H,37,44)(H,42,43)/t29-/m1/s1. The number of benzene rings is 2. The summed E-state index contributed by atoms with van der Waals surface area (Å²) in [6, 6.07) is 12.7. The first-order valence-electron chi connectivity index (χ1n) is 16.4. The number of carboxylic acids is 1. The lowest BCUT2D eigenvalue weighted by atomic mass is 9.79. The predicted octanol–water partition coefficient (Wildman–Crippen LogP) is 4.57. The molecule has 0 aromatic heterocycles. The van der Waals surface area contributed by atoms with Crippen molar-refractivity contribution in [3.8, 4) is 0 Å². The minimum atomic E-state index is -1.02. The molecule has 242 valence electrons. The van der Waals surface area contributed by atoms with Gasteiger partial charge in [-0.05, 0) is 74.1 Å². The van der Waals surface area contributed by atoms with Crippen LogP contribution in [0.4, 0.5) is 5.69 Å². The molecule has 3 amide bonds. The van der Waals surface area contributed by atoms with Crippen LogP contribution in [0.1, 0.15) is 104 Å². The average Bonchev–Trinajstić information content (AvgIpc) is 3.25. The van der Waals surface area contributed by atoms with Crippen LogP contribution in [-0.2, 0) is 16.1 Å². The summed E-state index contributed by atoms with van der Waals surface area (Å²) in [5, 5.41) is 26.2. The minimum Gasteiger partial charge on any atom is -0.478 e. The predicted molar refractivity (Wildman–Crippen MR) is 171 cm³/mol. The molecule has 5 rings (SSSR count). The quantitative estimate of drug-likeness (QED) is 0.286. The molecule has 45 heavy (non-hydrogen) atoms. The highest BCUT2D eigenvalue weighted by Crippen LogP contribution is 2.37. The maximum Gasteiger partial charge on any atom is 0.335 e. The molecule has 10 heteroatoms. The van der Waals surface area contributed by atoms with E-state index in [1.165, 1.54) is 12.1 Å². The molecule has 2 heterocycles. The lowest BCUT2D eigenvalue weighted by molar-refractivity contribution is -0.163. The monoisotopic (exact) mass is 618 g/mol. The van der Waals surface area contributed by atoms with E-state index in [0.29, 0.717) is 63.1 Å². The Morgan fingerprint density at radius 3 is 2.13 bits per heavy atom. The molecule has 0 unspecified atom stereocenters. The molecule has 1 spiro atoms. The number of rotatable bonds is 10. The van der Waals surface area contributed by atoms with E-state index in [9.17, 15) is 24.3 Å². The van der Waals surface area contributed by atoms with Crippen molar-refractivity contribution in [3.05, 3.63) is 65.2 Å². The van der Waals surface area contributed by atoms with E-state index >= 15 is 0 Å². The number of unbranched alkanes of at least 4 members (excludes halogenated alkanes) is 1. The molecule has 3 aliphatic rings. The number of piperidine rings is 1. The second kappa shape index (κ2) is 14.1. The highest BCUT2D eigenvalue weighted by molar-refractivity contribution is 6.04. The SMILES string of the molecule is CCCCN1C(=O)[C@@H](CC2(O)CCCCCC2)NC(=O)C12CCN(Cc1ccc(C(=O)Nc3ccc(C(=O)O)cc3)cc1)CC2. The van der Waals surface area contributed by atoms with Gasteiger partial charge in [-0.15, -0.1) is 0 Å². The average molecular weight is 619 g/mol. The molecule has 2 aliphatic heterocycles. The summed E-state index contributed by atoms with van der Waals surface area (Å²) in [5.74, 6) is -1.45. The van der Waals surface area contributed by atoms with Gasteiger partial charge < -0.3 is 25.7 Å². The first kappa shape index (κ1) is 32.6. The molecule has 1 aliphatic carbocycles. The number of aliphatic hydroxyl groups is 1. The molecular formula is C35H46N4O6. The molecule has 0 radical (unpaired) electrons. The van der Waals surface area contributed by atoms with Gasteiger partial charge in [0.25, 0.3) is 5.91 Å². The zero-order valence-electron chi connectivity index (χ0n) is 26.2. The van der Waals surface area contributed by atoms with Gasteiger partial charge in [0.1, 0.15) is 11.6 Å². The zero-order chi connectivity index (χ0) is 32.0. The Morgan fingerprint density at radius 2 is 1.53 bits per heavy atom. The number of nitrogens with zero attached hydrogens (tertiary/aromatic N) is 2. The number of nitrogens with one attached hydrogen (secondary N) is 2. The van der Waals surface area contributed by atoms with E-state index in [0.717, 1.165) is 44.1 Å². The number of amides is 3. The number of piperazine rings is 1. The van der Waals surface area contributed by atoms with Gasteiger partial charge in [-0.2, -0.15) is 0 Å². The van der Waals surface area contributed by atoms with E-state index in [1.807, 2.05) is 17.0 Å². The lowest BCUT2D eigenvalue weighted by Crippen LogP contribution is -2.73. The smallest absolute Gasteiger partial charge is 0.335 e. The largest absolute Gasteiger partial charge is 0.478 e. The Kier molecular flexibility index (Phi) is 10.2. The van der Waals surface area contributed by atoms with Gasteiger partial charge in [-0.25, -0.2) is 4.79 Å². The van der Waals surface area contributed by atoms with Gasteiger partial charge in [-0.3, -0.25) is 19.3 Å². The van der Waals surface area contributed by atoms with Crippen LogP contribution in [0.25, 0.3) is 0 Å². The Balaban J connectivity index is 1.19. The number of hydrogen-bond donors (Lipinski definition) is 4. The molecule has 1 atom stereocenters. The number of hydrogen-bond acceptors (Lipinski definition) is 6. The van der Waals surface area contributed by atoms with Crippen molar-refractivity contribution in [2.45, 2.75) is 101 Å². The van der Waals surface area contributed by atoms with Crippen molar-refractivity contribution in [2.24, 2.45) is 0 Å². The fourth-order valence-electron chi connectivity index (χ4n) is 7.12. The van der Waals surface area contributed by atoms with Crippen LogP contribution >= 0.6 is 0 Å². The molecule has 2 saturated heterocycles. The second-order valence-corrected chi connectivity index (χ2v) is 13.1.